The summed E-state index contributed by atoms with van der Waals surface area (Å²) in [6, 6.07) is -1.50. The molecular formula is C11H18N4O7. The van der Waals surface area contributed by atoms with Crippen LogP contribution in [0.3, 0.4) is 0 Å². The second-order valence-electron chi connectivity index (χ2n) is 4.89. The molecule has 1 aliphatic heterocycles. The third-order valence-corrected chi connectivity index (χ3v) is 3.38. The Labute approximate surface area is 124 Å². The van der Waals surface area contributed by atoms with Gasteiger partial charge in [-0.05, 0) is 0 Å². The lowest BCUT2D eigenvalue weighted by Gasteiger charge is -2.45. The number of ether oxygens (including phenoxy) is 2. The maximum absolute atomic E-state index is 11.0. The van der Waals surface area contributed by atoms with Crippen LogP contribution in [0.1, 0.15) is 5.56 Å². The van der Waals surface area contributed by atoms with Gasteiger partial charge in [-0.15, -0.1) is 0 Å². The van der Waals surface area contributed by atoms with Crippen molar-refractivity contribution in [2.24, 2.45) is 5.73 Å². The molecule has 0 unspecified atom stereocenters. The van der Waals surface area contributed by atoms with Crippen molar-refractivity contribution in [1.82, 2.24) is 9.97 Å². The van der Waals surface area contributed by atoms with Crippen molar-refractivity contribution in [3.8, 4) is 0 Å². The Morgan fingerprint density at radius 3 is 2.73 bits per heavy atom. The van der Waals surface area contributed by atoms with Crippen LogP contribution in [0.5, 0.6) is 0 Å². The number of H-pyrrole nitrogens is 1. The van der Waals surface area contributed by atoms with Crippen LogP contribution >= 0.6 is 0 Å². The fourth-order valence-corrected chi connectivity index (χ4v) is 2.02. The van der Waals surface area contributed by atoms with Gasteiger partial charge >= 0.3 is 5.69 Å². The van der Waals surface area contributed by atoms with Gasteiger partial charge in [-0.25, -0.2) is 9.78 Å². The normalized spacial score (nSPS) is 35.5. The van der Waals surface area contributed by atoms with Crippen molar-refractivity contribution in [3.05, 3.63) is 22.2 Å². The number of nitrogen functional groups attached to an aromatic ring is 1. The largest absolute Gasteiger partial charge is 0.394 e. The molecule has 1 aliphatic rings. The van der Waals surface area contributed by atoms with Crippen molar-refractivity contribution in [1.29, 1.82) is 0 Å². The Kier molecular flexibility index (Phi) is 4.77. The summed E-state index contributed by atoms with van der Waals surface area (Å²) in [4.78, 5) is 16.6. The first-order chi connectivity index (χ1) is 10.3. The molecule has 0 aromatic carbocycles. The van der Waals surface area contributed by atoms with Crippen molar-refractivity contribution >= 4 is 5.82 Å². The Morgan fingerprint density at radius 2 is 2.14 bits per heavy atom. The Bertz CT molecular complexity index is 580. The fraction of sp³-hybridized carbons (Fsp3) is 0.636. The van der Waals surface area contributed by atoms with Gasteiger partial charge in [-0.2, -0.15) is 0 Å². The maximum Gasteiger partial charge on any atom is 0.346 e. The monoisotopic (exact) mass is 318 g/mol. The summed E-state index contributed by atoms with van der Waals surface area (Å²) in [5.41, 5.74) is 10.7. The first kappa shape index (κ1) is 16.8. The first-order valence-electron chi connectivity index (χ1n) is 6.39. The van der Waals surface area contributed by atoms with Gasteiger partial charge in [0.2, 0.25) is 0 Å². The highest BCUT2D eigenvalue weighted by molar-refractivity contribution is 5.35. The van der Waals surface area contributed by atoms with Crippen LogP contribution in [0.2, 0.25) is 0 Å². The molecule has 1 saturated heterocycles. The Hall–Kier alpha value is -1.60. The molecule has 11 heteroatoms. The number of aromatic nitrogens is 2. The molecule has 1 fully saturated rings. The molecule has 124 valence electrons. The van der Waals surface area contributed by atoms with Crippen LogP contribution in [0.4, 0.5) is 5.82 Å². The Balaban J connectivity index is 2.14. The highest BCUT2D eigenvalue weighted by Crippen LogP contribution is 2.29. The molecule has 11 nitrogen and oxygen atoms in total. The van der Waals surface area contributed by atoms with Crippen LogP contribution < -0.4 is 17.2 Å². The molecule has 1 aromatic heterocycles. The van der Waals surface area contributed by atoms with E-state index in [0.29, 0.717) is 0 Å². The van der Waals surface area contributed by atoms with Crippen LogP contribution in [0.25, 0.3) is 0 Å². The lowest BCUT2D eigenvalue weighted by Crippen LogP contribution is -2.69. The number of hydrogen-bond donors (Lipinski definition) is 7. The number of aliphatic hydroxyl groups is 4. The summed E-state index contributed by atoms with van der Waals surface area (Å²) in [6.07, 6.45) is -3.21. The molecule has 0 saturated carbocycles. The lowest BCUT2D eigenvalue weighted by molar-refractivity contribution is -0.425. The van der Waals surface area contributed by atoms with E-state index in [9.17, 15) is 20.1 Å². The van der Waals surface area contributed by atoms with Gasteiger partial charge in [0.15, 0.2) is 0 Å². The molecule has 0 spiro atoms. The van der Waals surface area contributed by atoms with Gasteiger partial charge in [0.25, 0.3) is 5.97 Å². The number of anilines is 1. The van der Waals surface area contributed by atoms with Gasteiger partial charge < -0.3 is 41.4 Å². The molecular weight excluding hydrogens is 300 g/mol. The molecule has 0 amide bonds. The summed E-state index contributed by atoms with van der Waals surface area (Å²) in [5.74, 6) is -2.48. The summed E-state index contributed by atoms with van der Waals surface area (Å²) < 4.78 is 10.1. The lowest BCUT2D eigenvalue weighted by atomic mass is 9.96. The zero-order valence-electron chi connectivity index (χ0n) is 11.4. The SMILES string of the molecule is Nc1[nH]c(=O)ncc1CO[C@]1(O)O[C@H](CO)[C@@H](O)[C@H](O)[C@H]1N. The van der Waals surface area contributed by atoms with E-state index in [2.05, 4.69) is 9.97 Å². The number of nitrogens with two attached hydrogens (primary N) is 2. The predicted octanol–water partition coefficient (Wildman–Crippen LogP) is -4.04. The number of aliphatic hydroxyl groups excluding tert-OH is 3. The van der Waals surface area contributed by atoms with Crippen molar-refractivity contribution in [2.45, 2.75) is 36.9 Å². The highest BCUT2D eigenvalue weighted by atomic mass is 16.8. The molecule has 0 radical (unpaired) electrons. The smallest absolute Gasteiger partial charge is 0.346 e. The van der Waals surface area contributed by atoms with E-state index in [-0.39, 0.29) is 18.0 Å². The van der Waals surface area contributed by atoms with E-state index in [0.717, 1.165) is 6.20 Å². The number of hydrogen-bond acceptors (Lipinski definition) is 10. The standard InChI is InChI=1S/C11H18N4O7/c12-8-7(18)6(17)5(2-16)22-11(8,20)21-3-4-1-14-10(19)15-9(4)13/h1,5-8,16-18,20H,2-3,12H2,(H3,13,14,15,19)/t5-,6-,7+,8-,11+/m1/s1. The van der Waals surface area contributed by atoms with E-state index >= 15 is 0 Å². The second-order valence-corrected chi connectivity index (χ2v) is 4.89. The average Bonchev–Trinajstić information content (AvgIpc) is 2.48. The highest BCUT2D eigenvalue weighted by Gasteiger charge is 2.52. The zero-order valence-corrected chi connectivity index (χ0v) is 11.4. The van der Waals surface area contributed by atoms with E-state index in [4.69, 9.17) is 26.0 Å². The van der Waals surface area contributed by atoms with E-state index in [1.807, 2.05) is 0 Å². The van der Waals surface area contributed by atoms with Gasteiger partial charge in [0.05, 0.1) is 13.2 Å². The third kappa shape index (κ3) is 3.10. The molecule has 22 heavy (non-hydrogen) atoms. The molecule has 2 rings (SSSR count). The summed E-state index contributed by atoms with van der Waals surface area (Å²) in [5, 5.41) is 38.8. The zero-order chi connectivity index (χ0) is 16.5. The summed E-state index contributed by atoms with van der Waals surface area (Å²) in [6.45, 7) is -1.01. The molecule has 5 atom stereocenters. The average molecular weight is 318 g/mol. The minimum atomic E-state index is -2.46. The molecule has 0 aliphatic carbocycles. The van der Waals surface area contributed by atoms with Gasteiger partial charge in [-0.1, -0.05) is 0 Å². The number of nitrogens with one attached hydrogen (secondary N) is 1. The first-order valence-corrected chi connectivity index (χ1v) is 6.39. The molecule has 9 N–H and O–H groups in total. The summed E-state index contributed by atoms with van der Waals surface area (Å²) in [7, 11) is 0. The number of nitrogens with zero attached hydrogens (tertiary/aromatic N) is 1. The third-order valence-electron chi connectivity index (χ3n) is 3.38. The molecule has 1 aromatic rings. The quantitative estimate of drug-likeness (QED) is 0.268. The minimum Gasteiger partial charge on any atom is -0.394 e. The van der Waals surface area contributed by atoms with Crippen LogP contribution in [-0.4, -0.2) is 67.3 Å². The van der Waals surface area contributed by atoms with Crippen LogP contribution in [0, 0.1) is 0 Å². The maximum atomic E-state index is 11.0. The van der Waals surface area contributed by atoms with Gasteiger partial charge in [-0.3, -0.25) is 4.98 Å². The fourth-order valence-electron chi connectivity index (χ4n) is 2.02. The summed E-state index contributed by atoms with van der Waals surface area (Å²) >= 11 is 0. The van der Waals surface area contributed by atoms with Gasteiger partial charge in [0, 0.05) is 11.8 Å². The Morgan fingerprint density at radius 1 is 1.45 bits per heavy atom. The number of rotatable bonds is 4. The molecule has 2 heterocycles. The van der Waals surface area contributed by atoms with E-state index in [1.54, 1.807) is 0 Å². The van der Waals surface area contributed by atoms with E-state index < -0.39 is 42.6 Å². The van der Waals surface area contributed by atoms with Crippen molar-refractivity contribution in [3.63, 3.8) is 0 Å². The number of aromatic amines is 1. The van der Waals surface area contributed by atoms with Crippen LogP contribution in [0.15, 0.2) is 11.0 Å². The predicted molar refractivity (Wildman–Crippen MR) is 71.0 cm³/mol. The van der Waals surface area contributed by atoms with Crippen LogP contribution in [-0.2, 0) is 16.1 Å². The minimum absolute atomic E-state index is 0.0210. The van der Waals surface area contributed by atoms with Gasteiger partial charge in [0.1, 0.15) is 30.2 Å². The van der Waals surface area contributed by atoms with Crippen molar-refractivity contribution in [2.75, 3.05) is 12.3 Å². The second kappa shape index (κ2) is 6.26. The molecule has 0 bridgehead atoms. The van der Waals surface area contributed by atoms with Crippen molar-refractivity contribution < 1.29 is 29.9 Å². The topological polar surface area (TPSA) is 197 Å². The van der Waals surface area contributed by atoms with E-state index in [1.165, 1.54) is 0 Å².